The summed E-state index contributed by atoms with van der Waals surface area (Å²) in [5.74, 6) is -0.474. The molecule has 1 aromatic carbocycles. The average molecular weight is 230 g/mol. The molecule has 2 nitrogen and oxygen atoms in total. The monoisotopic (exact) mass is 230 g/mol. The van der Waals surface area contributed by atoms with Gasteiger partial charge in [-0.1, -0.05) is 25.5 Å². The van der Waals surface area contributed by atoms with Crippen LogP contribution in [0, 0.1) is 5.95 Å². The number of aromatic nitrogens is 1. The van der Waals surface area contributed by atoms with Gasteiger partial charge in [0.2, 0.25) is 5.95 Å². The van der Waals surface area contributed by atoms with Crippen LogP contribution in [0.15, 0.2) is 42.6 Å². The molecule has 0 atom stereocenters. The summed E-state index contributed by atoms with van der Waals surface area (Å²) in [5.41, 5.74) is 2.98. The van der Waals surface area contributed by atoms with Crippen molar-refractivity contribution in [2.24, 2.45) is 0 Å². The van der Waals surface area contributed by atoms with Crippen molar-refractivity contribution in [3.8, 4) is 0 Å². The summed E-state index contributed by atoms with van der Waals surface area (Å²) in [6.07, 6.45) is 3.68. The van der Waals surface area contributed by atoms with Crippen molar-refractivity contribution in [2.75, 3.05) is 5.32 Å². The van der Waals surface area contributed by atoms with E-state index in [-0.39, 0.29) is 0 Å². The first-order valence-corrected chi connectivity index (χ1v) is 5.75. The zero-order valence-corrected chi connectivity index (χ0v) is 9.78. The lowest BCUT2D eigenvalue weighted by Crippen LogP contribution is -1.92. The summed E-state index contributed by atoms with van der Waals surface area (Å²) in [6, 6.07) is 11.3. The number of rotatable bonds is 4. The van der Waals surface area contributed by atoms with Gasteiger partial charge in [-0.25, -0.2) is 4.98 Å². The Kier molecular flexibility index (Phi) is 3.70. The van der Waals surface area contributed by atoms with Crippen molar-refractivity contribution in [1.82, 2.24) is 4.98 Å². The van der Waals surface area contributed by atoms with Crippen LogP contribution in [0.2, 0.25) is 0 Å². The summed E-state index contributed by atoms with van der Waals surface area (Å²) >= 11 is 0. The third-order valence-electron chi connectivity index (χ3n) is 2.51. The van der Waals surface area contributed by atoms with E-state index in [1.807, 2.05) is 12.1 Å². The van der Waals surface area contributed by atoms with Crippen LogP contribution in [0.3, 0.4) is 0 Å². The fourth-order valence-electron chi connectivity index (χ4n) is 1.69. The first-order valence-electron chi connectivity index (χ1n) is 5.75. The Bertz CT molecular complexity index is 480. The molecule has 17 heavy (non-hydrogen) atoms. The largest absolute Gasteiger partial charge is 0.355 e. The molecule has 1 aromatic heterocycles. The first kappa shape index (κ1) is 11.6. The Morgan fingerprint density at radius 2 is 1.88 bits per heavy atom. The molecule has 0 aliphatic rings. The molecule has 1 N–H and O–H groups in total. The maximum Gasteiger partial charge on any atom is 0.214 e. The third kappa shape index (κ3) is 3.28. The molecule has 0 aliphatic heterocycles. The summed E-state index contributed by atoms with van der Waals surface area (Å²) in [5, 5.41) is 3.13. The van der Waals surface area contributed by atoms with Crippen LogP contribution in [0.1, 0.15) is 18.9 Å². The molecule has 0 fully saturated rings. The highest BCUT2D eigenvalue weighted by atomic mass is 19.1. The molecule has 2 rings (SSSR count). The summed E-state index contributed by atoms with van der Waals surface area (Å²) < 4.78 is 12.9. The Morgan fingerprint density at radius 1 is 1.12 bits per heavy atom. The van der Waals surface area contributed by atoms with Gasteiger partial charge in [-0.05, 0) is 30.2 Å². The van der Waals surface area contributed by atoms with E-state index in [0.29, 0.717) is 5.69 Å². The Balaban J connectivity index is 2.08. The van der Waals surface area contributed by atoms with Crippen LogP contribution < -0.4 is 5.32 Å². The van der Waals surface area contributed by atoms with Gasteiger partial charge in [0.1, 0.15) is 0 Å². The fourth-order valence-corrected chi connectivity index (χ4v) is 1.69. The summed E-state index contributed by atoms with van der Waals surface area (Å²) in [4.78, 5) is 3.51. The number of benzene rings is 1. The van der Waals surface area contributed by atoms with Crippen molar-refractivity contribution >= 4 is 11.4 Å². The van der Waals surface area contributed by atoms with Gasteiger partial charge in [0.25, 0.3) is 0 Å². The van der Waals surface area contributed by atoms with Crippen molar-refractivity contribution in [3.05, 3.63) is 54.1 Å². The molecule has 0 bridgehead atoms. The molecule has 0 saturated carbocycles. The average Bonchev–Trinajstić information content (AvgIpc) is 2.32. The molecule has 0 saturated heterocycles. The lowest BCUT2D eigenvalue weighted by Gasteiger charge is -2.07. The first-order chi connectivity index (χ1) is 8.28. The lowest BCUT2D eigenvalue weighted by atomic mass is 10.1. The number of halogens is 1. The SMILES string of the molecule is CCCc1ccc(Nc2ccnc(F)c2)cc1. The molecule has 0 radical (unpaired) electrons. The van der Waals surface area contributed by atoms with Crippen LogP contribution in [0.25, 0.3) is 0 Å². The van der Waals surface area contributed by atoms with Crippen LogP contribution in [-0.4, -0.2) is 4.98 Å². The smallest absolute Gasteiger partial charge is 0.214 e. The van der Waals surface area contributed by atoms with Gasteiger partial charge >= 0.3 is 0 Å². The Labute approximate surface area is 101 Å². The molecule has 88 valence electrons. The maximum absolute atomic E-state index is 12.9. The molecule has 0 aliphatic carbocycles. The highest BCUT2D eigenvalue weighted by Crippen LogP contribution is 2.17. The number of hydrogen-bond acceptors (Lipinski definition) is 2. The van der Waals surface area contributed by atoms with Gasteiger partial charge in [-0.3, -0.25) is 0 Å². The minimum absolute atomic E-state index is 0.474. The fraction of sp³-hybridized carbons (Fsp3) is 0.214. The third-order valence-corrected chi connectivity index (χ3v) is 2.51. The predicted octanol–water partition coefficient (Wildman–Crippen LogP) is 3.92. The minimum atomic E-state index is -0.474. The Morgan fingerprint density at radius 3 is 2.53 bits per heavy atom. The zero-order chi connectivity index (χ0) is 12.1. The molecular weight excluding hydrogens is 215 g/mol. The van der Waals surface area contributed by atoms with Gasteiger partial charge in [-0.15, -0.1) is 0 Å². The second kappa shape index (κ2) is 5.43. The topological polar surface area (TPSA) is 24.9 Å². The van der Waals surface area contributed by atoms with E-state index in [2.05, 4.69) is 29.4 Å². The standard InChI is InChI=1S/C14H15FN2/c1-2-3-11-4-6-12(7-5-11)17-13-8-9-16-14(15)10-13/h4-10H,2-3H2,1H3,(H,16,17). The van der Waals surface area contributed by atoms with E-state index in [1.165, 1.54) is 17.8 Å². The summed E-state index contributed by atoms with van der Waals surface area (Å²) in [7, 11) is 0. The van der Waals surface area contributed by atoms with Crippen LogP contribution >= 0.6 is 0 Å². The number of hydrogen-bond donors (Lipinski definition) is 1. The number of aryl methyl sites for hydroxylation is 1. The van der Waals surface area contributed by atoms with Crippen molar-refractivity contribution in [3.63, 3.8) is 0 Å². The molecular formula is C14H15FN2. The van der Waals surface area contributed by atoms with Gasteiger partial charge < -0.3 is 5.32 Å². The Hall–Kier alpha value is -1.90. The van der Waals surface area contributed by atoms with Crippen molar-refractivity contribution < 1.29 is 4.39 Å². The predicted molar refractivity (Wildman–Crippen MR) is 67.9 cm³/mol. The quantitative estimate of drug-likeness (QED) is 0.805. The van der Waals surface area contributed by atoms with E-state index in [0.717, 1.165) is 18.5 Å². The van der Waals surface area contributed by atoms with E-state index in [4.69, 9.17) is 0 Å². The molecule has 3 heteroatoms. The minimum Gasteiger partial charge on any atom is -0.355 e. The second-order valence-corrected chi connectivity index (χ2v) is 3.94. The van der Waals surface area contributed by atoms with Gasteiger partial charge in [-0.2, -0.15) is 4.39 Å². The highest BCUT2D eigenvalue weighted by Gasteiger charge is 1.97. The van der Waals surface area contributed by atoms with Crippen LogP contribution in [0.5, 0.6) is 0 Å². The highest BCUT2D eigenvalue weighted by molar-refractivity contribution is 5.59. The van der Waals surface area contributed by atoms with E-state index < -0.39 is 5.95 Å². The number of pyridine rings is 1. The van der Waals surface area contributed by atoms with E-state index in [1.54, 1.807) is 6.07 Å². The second-order valence-electron chi connectivity index (χ2n) is 3.94. The molecule has 0 unspecified atom stereocenters. The van der Waals surface area contributed by atoms with E-state index >= 15 is 0 Å². The van der Waals surface area contributed by atoms with Crippen molar-refractivity contribution in [2.45, 2.75) is 19.8 Å². The van der Waals surface area contributed by atoms with Gasteiger partial charge in [0, 0.05) is 23.6 Å². The number of nitrogens with zero attached hydrogens (tertiary/aromatic N) is 1. The van der Waals surface area contributed by atoms with E-state index in [9.17, 15) is 4.39 Å². The molecule has 1 heterocycles. The number of nitrogens with one attached hydrogen (secondary N) is 1. The van der Waals surface area contributed by atoms with Gasteiger partial charge in [0.15, 0.2) is 0 Å². The molecule has 0 spiro atoms. The zero-order valence-electron chi connectivity index (χ0n) is 9.78. The van der Waals surface area contributed by atoms with Crippen LogP contribution in [0.4, 0.5) is 15.8 Å². The molecule has 0 amide bonds. The lowest BCUT2D eigenvalue weighted by molar-refractivity contribution is 0.584. The van der Waals surface area contributed by atoms with Gasteiger partial charge in [0.05, 0.1) is 0 Å². The maximum atomic E-state index is 12.9. The van der Waals surface area contributed by atoms with Crippen LogP contribution in [-0.2, 0) is 6.42 Å². The normalized spacial score (nSPS) is 10.2. The van der Waals surface area contributed by atoms with Crippen molar-refractivity contribution in [1.29, 1.82) is 0 Å². The number of anilines is 2. The molecule has 2 aromatic rings. The summed E-state index contributed by atoms with van der Waals surface area (Å²) in [6.45, 7) is 2.16.